The summed E-state index contributed by atoms with van der Waals surface area (Å²) in [5.74, 6) is -3.87. The predicted octanol–water partition coefficient (Wildman–Crippen LogP) is 1.98. The van der Waals surface area contributed by atoms with Gasteiger partial charge in [-0.3, -0.25) is 4.79 Å². The Kier molecular flexibility index (Phi) is 7.35. The van der Waals surface area contributed by atoms with Crippen LogP contribution in [-0.4, -0.2) is 55.0 Å². The van der Waals surface area contributed by atoms with E-state index in [0.29, 0.717) is 6.61 Å². The Morgan fingerprint density at radius 3 is 2.35 bits per heavy atom. The van der Waals surface area contributed by atoms with Crippen LogP contribution in [0.5, 0.6) is 0 Å². The fourth-order valence-electron chi connectivity index (χ4n) is 2.41. The lowest BCUT2D eigenvalue weighted by Crippen LogP contribution is -2.57. The molecule has 7 heteroatoms. The van der Waals surface area contributed by atoms with Crippen molar-refractivity contribution in [3.63, 3.8) is 0 Å². The number of amides is 1. The van der Waals surface area contributed by atoms with Crippen molar-refractivity contribution >= 4 is 5.91 Å². The second-order valence-corrected chi connectivity index (χ2v) is 6.96. The normalized spacial score (nSPS) is 19.9. The molecule has 0 aliphatic carbocycles. The topological polar surface area (TPSA) is 67.8 Å². The lowest BCUT2D eigenvalue weighted by Gasteiger charge is -2.38. The number of halogens is 2. The summed E-state index contributed by atoms with van der Waals surface area (Å²) in [6, 6.07) is 0. The Labute approximate surface area is 136 Å². The van der Waals surface area contributed by atoms with E-state index in [0.717, 1.165) is 0 Å². The maximum absolute atomic E-state index is 14.3. The summed E-state index contributed by atoms with van der Waals surface area (Å²) in [5.41, 5.74) is -2.13. The van der Waals surface area contributed by atoms with Crippen LogP contribution >= 0.6 is 0 Å². The molecule has 1 amide bonds. The minimum Gasteiger partial charge on any atom is -0.383 e. The number of rotatable bonds is 8. The number of alkyl halides is 2. The lowest BCUT2D eigenvalue weighted by atomic mass is 9.87. The molecular weight excluding hydrogens is 308 g/mol. The highest BCUT2D eigenvalue weighted by molar-refractivity contribution is 5.81. The molecular formula is C16H29F2NO4. The average Bonchev–Trinajstić information content (AvgIpc) is 2.45. The minimum atomic E-state index is -3.41. The van der Waals surface area contributed by atoms with Crippen LogP contribution in [0.2, 0.25) is 0 Å². The molecule has 5 nitrogen and oxygen atoms in total. The van der Waals surface area contributed by atoms with Gasteiger partial charge in [0.25, 0.3) is 5.92 Å². The van der Waals surface area contributed by atoms with Gasteiger partial charge in [0.1, 0.15) is 11.7 Å². The van der Waals surface area contributed by atoms with E-state index in [4.69, 9.17) is 9.47 Å². The van der Waals surface area contributed by atoms with Crippen LogP contribution in [0.25, 0.3) is 0 Å². The summed E-state index contributed by atoms with van der Waals surface area (Å²) in [6.07, 6.45) is -1.07. The van der Waals surface area contributed by atoms with Gasteiger partial charge >= 0.3 is 0 Å². The van der Waals surface area contributed by atoms with Gasteiger partial charge in [0, 0.05) is 32.7 Å². The van der Waals surface area contributed by atoms with Crippen molar-refractivity contribution in [1.29, 1.82) is 0 Å². The first-order chi connectivity index (χ1) is 10.6. The first-order valence-corrected chi connectivity index (χ1v) is 8.16. The molecule has 1 unspecified atom stereocenters. The minimum absolute atomic E-state index is 0.0894. The van der Waals surface area contributed by atoms with E-state index >= 15 is 0 Å². The van der Waals surface area contributed by atoms with Crippen LogP contribution in [0.15, 0.2) is 0 Å². The van der Waals surface area contributed by atoms with E-state index in [1.807, 2.05) is 13.8 Å². The molecule has 0 radical (unpaired) electrons. The van der Waals surface area contributed by atoms with Gasteiger partial charge in [-0.2, -0.15) is 0 Å². The van der Waals surface area contributed by atoms with Crippen molar-refractivity contribution in [2.75, 3.05) is 26.4 Å². The van der Waals surface area contributed by atoms with Gasteiger partial charge in [0.05, 0.1) is 6.54 Å². The second kappa shape index (κ2) is 8.35. The second-order valence-electron chi connectivity index (χ2n) is 6.96. The number of carbonyl (C=O) groups is 1. The Bertz CT molecular complexity index is 382. The zero-order chi connectivity index (χ0) is 17.7. The predicted molar refractivity (Wildman–Crippen MR) is 82.4 cm³/mol. The van der Waals surface area contributed by atoms with Crippen LogP contribution in [0, 0.1) is 11.8 Å². The molecule has 1 heterocycles. The number of ether oxygens (including phenoxy) is 2. The Morgan fingerprint density at radius 1 is 1.30 bits per heavy atom. The smallest absolute Gasteiger partial charge is 0.293 e. The number of carbonyl (C=O) groups excluding carboxylic acids is 1. The molecule has 0 aromatic carbocycles. The molecule has 1 fully saturated rings. The summed E-state index contributed by atoms with van der Waals surface area (Å²) >= 11 is 0. The van der Waals surface area contributed by atoms with Crippen LogP contribution in [0.3, 0.4) is 0 Å². The quantitative estimate of drug-likeness (QED) is 0.711. The first kappa shape index (κ1) is 20.3. The summed E-state index contributed by atoms with van der Waals surface area (Å²) in [4.78, 5) is 12.2. The highest BCUT2D eigenvalue weighted by Gasteiger charge is 2.53. The number of hydrogen-bond donors (Lipinski definition) is 2. The third-order valence-electron chi connectivity index (χ3n) is 3.96. The number of nitrogens with one attached hydrogen (secondary N) is 1. The number of aliphatic hydroxyl groups is 1. The maximum atomic E-state index is 14.3. The van der Waals surface area contributed by atoms with Crippen molar-refractivity contribution in [3.8, 4) is 0 Å². The molecule has 1 saturated heterocycles. The van der Waals surface area contributed by atoms with Gasteiger partial charge in [0.15, 0.2) is 0 Å². The molecule has 1 aliphatic rings. The van der Waals surface area contributed by atoms with E-state index in [1.165, 1.54) is 0 Å². The van der Waals surface area contributed by atoms with E-state index in [2.05, 4.69) is 5.32 Å². The first-order valence-electron chi connectivity index (χ1n) is 8.16. The van der Waals surface area contributed by atoms with Crippen molar-refractivity contribution in [2.45, 2.75) is 58.2 Å². The van der Waals surface area contributed by atoms with Gasteiger partial charge in [-0.15, -0.1) is 0 Å². The molecule has 23 heavy (non-hydrogen) atoms. The van der Waals surface area contributed by atoms with Crippen molar-refractivity contribution in [3.05, 3.63) is 0 Å². The van der Waals surface area contributed by atoms with Crippen molar-refractivity contribution < 1.29 is 28.2 Å². The highest BCUT2D eigenvalue weighted by Crippen LogP contribution is 2.36. The molecule has 1 aliphatic heterocycles. The molecule has 0 aromatic heterocycles. The monoisotopic (exact) mass is 337 g/mol. The highest BCUT2D eigenvalue weighted by atomic mass is 19.3. The lowest BCUT2D eigenvalue weighted by molar-refractivity contribution is -0.211. The van der Waals surface area contributed by atoms with Gasteiger partial charge in [-0.25, -0.2) is 8.78 Å². The largest absolute Gasteiger partial charge is 0.383 e. The zero-order valence-corrected chi connectivity index (χ0v) is 14.4. The summed E-state index contributed by atoms with van der Waals surface area (Å²) in [7, 11) is 0. The summed E-state index contributed by atoms with van der Waals surface area (Å²) in [5, 5.41) is 12.4. The molecule has 0 spiro atoms. The molecule has 136 valence electrons. The maximum Gasteiger partial charge on any atom is 0.293 e. The van der Waals surface area contributed by atoms with Gasteiger partial charge < -0.3 is 19.9 Å². The Balaban J connectivity index is 2.60. The number of hydrogen-bond acceptors (Lipinski definition) is 4. The fourth-order valence-corrected chi connectivity index (χ4v) is 2.41. The van der Waals surface area contributed by atoms with E-state index in [1.54, 1.807) is 13.8 Å². The third-order valence-corrected chi connectivity index (χ3v) is 3.96. The summed E-state index contributed by atoms with van der Waals surface area (Å²) < 4.78 is 39.1. The van der Waals surface area contributed by atoms with E-state index in [9.17, 15) is 18.7 Å². The van der Waals surface area contributed by atoms with Crippen molar-refractivity contribution in [2.24, 2.45) is 11.8 Å². The van der Waals surface area contributed by atoms with Gasteiger partial charge in [-0.05, 0) is 11.8 Å². The fraction of sp³-hybridized carbons (Fsp3) is 0.938. The zero-order valence-electron chi connectivity index (χ0n) is 14.4. The average molecular weight is 337 g/mol. The SMILES string of the molecule is CC(C)COC(C(=O)NCC(F)(F)C1(O)CCOCC1)C(C)C. The van der Waals surface area contributed by atoms with Crippen LogP contribution in [0.4, 0.5) is 8.78 Å². The molecule has 0 bridgehead atoms. The molecule has 2 N–H and O–H groups in total. The molecule has 0 saturated carbocycles. The Morgan fingerprint density at radius 2 is 1.87 bits per heavy atom. The molecule has 1 atom stereocenters. The van der Waals surface area contributed by atoms with Crippen LogP contribution < -0.4 is 5.32 Å². The van der Waals surface area contributed by atoms with E-state index in [-0.39, 0.29) is 37.9 Å². The van der Waals surface area contributed by atoms with Crippen LogP contribution in [-0.2, 0) is 14.3 Å². The Hall–Kier alpha value is -0.790. The van der Waals surface area contributed by atoms with Gasteiger partial charge in [-0.1, -0.05) is 27.7 Å². The molecule has 1 rings (SSSR count). The van der Waals surface area contributed by atoms with Crippen LogP contribution in [0.1, 0.15) is 40.5 Å². The van der Waals surface area contributed by atoms with Gasteiger partial charge in [0.2, 0.25) is 5.91 Å². The standard InChI is InChI=1S/C16H29F2NO4/c1-11(2)9-23-13(12(3)4)14(20)19-10-16(17,18)15(21)5-7-22-8-6-15/h11-13,21H,5-10H2,1-4H3,(H,19,20). The summed E-state index contributed by atoms with van der Waals surface area (Å²) in [6.45, 7) is 7.15. The third kappa shape index (κ3) is 5.65. The molecule has 0 aromatic rings. The van der Waals surface area contributed by atoms with Crippen molar-refractivity contribution in [1.82, 2.24) is 5.32 Å². The van der Waals surface area contributed by atoms with E-state index < -0.39 is 30.1 Å².